The smallest absolute Gasteiger partial charge is 1.00 e. The largest absolute Gasteiger partial charge is 1.00 e. The quantitative estimate of drug-likeness (QED) is 0.249. The van der Waals surface area contributed by atoms with Crippen molar-refractivity contribution in [3.05, 3.63) is 36.0 Å². The van der Waals surface area contributed by atoms with Crippen molar-refractivity contribution >= 4 is 5.82 Å². The molecule has 0 amide bonds. The van der Waals surface area contributed by atoms with Crippen molar-refractivity contribution in [1.82, 2.24) is 15.4 Å². The molecule has 0 aliphatic rings. The van der Waals surface area contributed by atoms with Crippen molar-refractivity contribution < 1.29 is 67.6 Å². The minimum atomic E-state index is -2.50. The summed E-state index contributed by atoms with van der Waals surface area (Å²) in [6, 6.07) is 0. The first kappa shape index (κ1) is 15.0. The van der Waals surface area contributed by atoms with Gasteiger partial charge in [0, 0.05) is 0 Å². The molecule has 1 N–H and O–H groups in total. The van der Waals surface area contributed by atoms with Crippen LogP contribution in [0.5, 0.6) is 0 Å². The average Bonchev–Trinajstić information content (AvgIpc) is 2.51. The van der Waals surface area contributed by atoms with Gasteiger partial charge in [-0.2, -0.15) is 0 Å². The first-order chi connectivity index (χ1) is 6.95. The normalized spacial score (nSPS) is 9.56. The van der Waals surface area contributed by atoms with Crippen LogP contribution >= 0.6 is 0 Å². The summed E-state index contributed by atoms with van der Waals surface area (Å²) < 4.78 is 0. The van der Waals surface area contributed by atoms with Gasteiger partial charge in [-0.15, -0.1) is 10.3 Å². The van der Waals surface area contributed by atoms with E-state index in [1.165, 1.54) is 0 Å². The van der Waals surface area contributed by atoms with Gasteiger partial charge in [0.25, 0.3) is 0 Å². The Morgan fingerprint density at radius 2 is 1.62 bits per heavy atom. The van der Waals surface area contributed by atoms with Gasteiger partial charge in [0.15, 0.2) is 0 Å². The average molecular weight is 258 g/mol. The molecular weight excluding hydrogens is 255 g/mol. The van der Waals surface area contributed by atoms with Crippen LogP contribution in [0.4, 0.5) is 5.82 Å². The predicted octanol–water partition coefficient (Wildman–Crippen LogP) is -3.62. The van der Waals surface area contributed by atoms with E-state index < -0.39 is 32.4 Å². The van der Waals surface area contributed by atoms with Gasteiger partial charge < -0.3 is 11.5 Å². The van der Waals surface area contributed by atoms with Crippen LogP contribution in [0.1, 0.15) is 13.3 Å². The van der Waals surface area contributed by atoms with Crippen LogP contribution in [0.25, 0.3) is 0 Å². The summed E-state index contributed by atoms with van der Waals surface area (Å²) in [5.74, 6) is -1.03. The van der Waals surface area contributed by atoms with Gasteiger partial charge in [-0.25, -0.2) is 0 Å². The van der Waals surface area contributed by atoms with E-state index in [1.54, 1.807) is 5.21 Å². The molecule has 1 aromatic heterocycles. The fraction of sp³-hybridized carbons (Fsp3) is 0.333. The molecule has 12 nitrogen and oxygen atoms in total. The molecule has 0 aromatic carbocycles. The Hall–Kier alpha value is -1.02. The van der Waals surface area contributed by atoms with Crippen LogP contribution in [0.2, 0.25) is 0 Å². The zero-order chi connectivity index (χ0) is 11.6. The number of nitrogens with one attached hydrogen (secondary N) is 1. The third kappa shape index (κ3) is 2.98. The minimum Gasteiger partial charge on any atom is -1.00 e. The summed E-state index contributed by atoms with van der Waals surface area (Å²) in [4.78, 5) is 27.1. The maximum atomic E-state index is 10.3. The molecule has 0 saturated heterocycles. The molecule has 0 unspecified atom stereocenters. The topological polar surface area (TPSA) is 171 Å². The summed E-state index contributed by atoms with van der Waals surface area (Å²) in [6.07, 6.45) is -2.50. The Morgan fingerprint density at radius 1 is 1.12 bits per heavy atom. The zero-order valence-corrected chi connectivity index (χ0v) is 10.9. The summed E-state index contributed by atoms with van der Waals surface area (Å²) in [5.41, 5.74) is -0.935. The molecule has 1 heterocycles. The molecule has 0 fully saturated rings. The van der Waals surface area contributed by atoms with Crippen LogP contribution < -0.4 is 51.4 Å². The van der Waals surface area contributed by atoms with Crippen molar-refractivity contribution in [3.8, 4) is 0 Å². The van der Waals surface area contributed by atoms with Crippen molar-refractivity contribution in [2.45, 2.75) is 6.17 Å². The summed E-state index contributed by atoms with van der Waals surface area (Å²) in [6.45, 7) is 0. The number of nitrogens with zero attached hydrogens (tertiary/aromatic N) is 5. The first-order valence-corrected chi connectivity index (χ1v) is 3.27. The summed E-state index contributed by atoms with van der Waals surface area (Å²) in [5, 5.41) is 38.5. The molecular formula is C3H3KN6O6. The molecule has 0 saturated carbocycles. The van der Waals surface area contributed by atoms with Gasteiger partial charge in [-0.3, -0.25) is 20.2 Å². The van der Waals surface area contributed by atoms with Gasteiger partial charge >= 0.3 is 69.1 Å². The minimum absolute atomic E-state index is 0. The standard InChI is InChI=1S/C3H2N6O6.K.H/c10-7(11)2-1(4-6-5-2)3(8(12)13)9(14)15;;/h3H,(H,4,5,6);;/q;+1;-1. The molecule has 0 atom stereocenters. The van der Waals surface area contributed by atoms with Crippen molar-refractivity contribution in [2.75, 3.05) is 0 Å². The number of rotatable bonds is 4. The molecule has 0 bridgehead atoms. The Morgan fingerprint density at radius 3 is 2.00 bits per heavy atom. The number of hydrogen-bond donors (Lipinski definition) is 1. The van der Waals surface area contributed by atoms with Gasteiger partial charge in [-0.1, -0.05) is 0 Å². The second-order valence-electron chi connectivity index (χ2n) is 2.23. The van der Waals surface area contributed by atoms with E-state index >= 15 is 0 Å². The van der Waals surface area contributed by atoms with E-state index in [1.807, 2.05) is 0 Å². The van der Waals surface area contributed by atoms with E-state index in [9.17, 15) is 30.3 Å². The maximum Gasteiger partial charge on any atom is 1.00 e. The molecule has 1 rings (SSSR count). The molecule has 0 aliphatic carbocycles. The number of aromatic amines is 1. The van der Waals surface area contributed by atoms with Crippen molar-refractivity contribution in [3.63, 3.8) is 0 Å². The molecule has 0 radical (unpaired) electrons. The van der Waals surface area contributed by atoms with Crippen LogP contribution in [0, 0.1) is 30.3 Å². The van der Waals surface area contributed by atoms with E-state index in [-0.39, 0.29) is 52.8 Å². The molecule has 16 heavy (non-hydrogen) atoms. The van der Waals surface area contributed by atoms with Crippen LogP contribution in [-0.2, 0) is 0 Å². The fourth-order valence-corrected chi connectivity index (χ4v) is 0.818. The maximum absolute atomic E-state index is 10.3. The van der Waals surface area contributed by atoms with Gasteiger partial charge in [0.2, 0.25) is 0 Å². The molecule has 13 heteroatoms. The number of aromatic nitrogens is 3. The number of hydrogen-bond acceptors (Lipinski definition) is 8. The Labute approximate surface area is 130 Å². The number of nitro groups is 3. The van der Waals surface area contributed by atoms with E-state index in [4.69, 9.17) is 0 Å². The van der Waals surface area contributed by atoms with Crippen LogP contribution in [0.15, 0.2) is 0 Å². The SMILES string of the molecule is O=[N+]([O-])c1n[nH]nc1C([N+](=O)[O-])[N+](=O)[O-].[H-].[K+]. The predicted molar refractivity (Wildman–Crippen MR) is 40.9 cm³/mol. The monoisotopic (exact) mass is 258 g/mol. The van der Waals surface area contributed by atoms with Crippen LogP contribution in [-0.4, -0.2) is 30.2 Å². The van der Waals surface area contributed by atoms with Crippen LogP contribution in [0.3, 0.4) is 0 Å². The second-order valence-corrected chi connectivity index (χ2v) is 2.23. The molecule has 82 valence electrons. The van der Waals surface area contributed by atoms with Gasteiger partial charge in [0.05, 0.1) is 5.10 Å². The third-order valence-corrected chi connectivity index (χ3v) is 1.37. The summed E-state index contributed by atoms with van der Waals surface area (Å²) in [7, 11) is 0. The second kappa shape index (κ2) is 5.90. The summed E-state index contributed by atoms with van der Waals surface area (Å²) >= 11 is 0. The van der Waals surface area contributed by atoms with E-state index in [0.717, 1.165) is 0 Å². The Balaban J connectivity index is 0. The Bertz CT molecular complexity index is 421. The fourth-order valence-electron chi connectivity index (χ4n) is 0.818. The van der Waals surface area contributed by atoms with Gasteiger partial charge in [0.1, 0.15) is 9.85 Å². The Kier molecular flexibility index (Phi) is 5.52. The zero-order valence-electron chi connectivity index (χ0n) is 8.76. The van der Waals surface area contributed by atoms with Gasteiger partial charge in [-0.05, 0) is 4.92 Å². The molecule has 1 aromatic rings. The van der Waals surface area contributed by atoms with E-state index in [0.29, 0.717) is 0 Å². The molecule has 0 aliphatic heterocycles. The van der Waals surface area contributed by atoms with E-state index in [2.05, 4.69) is 10.2 Å². The number of H-pyrrole nitrogens is 1. The third-order valence-electron chi connectivity index (χ3n) is 1.37. The van der Waals surface area contributed by atoms with Crippen molar-refractivity contribution in [2.24, 2.45) is 0 Å². The first-order valence-electron chi connectivity index (χ1n) is 3.27. The molecule has 0 spiro atoms. The van der Waals surface area contributed by atoms with Crippen molar-refractivity contribution in [1.29, 1.82) is 0 Å².